The van der Waals surface area contributed by atoms with Gasteiger partial charge in [-0.2, -0.15) is 0 Å². The maximum atomic E-state index is 13.9. The van der Waals surface area contributed by atoms with Crippen molar-refractivity contribution in [3.05, 3.63) is 12.2 Å². The van der Waals surface area contributed by atoms with Crippen molar-refractivity contribution in [3.63, 3.8) is 0 Å². The Morgan fingerprint density at radius 3 is 2.58 bits per heavy atom. The normalized spacial score (nSPS) is 48.2. The molecule has 6 rings (SSSR count). The van der Waals surface area contributed by atoms with E-state index in [1.165, 1.54) is 0 Å². The highest BCUT2D eigenvalue weighted by Crippen LogP contribution is 2.71. The lowest BCUT2D eigenvalue weighted by Crippen LogP contribution is -2.71. The number of hydrogen-bond donors (Lipinski definition) is 1. The van der Waals surface area contributed by atoms with Crippen molar-refractivity contribution in [2.45, 2.75) is 83.7 Å². The minimum atomic E-state index is -1.58. The van der Waals surface area contributed by atoms with Gasteiger partial charge in [-0.1, -0.05) is 33.3 Å². The molecule has 180 valence electrons. The van der Waals surface area contributed by atoms with Crippen LogP contribution in [-0.4, -0.2) is 47.9 Å². The van der Waals surface area contributed by atoms with Crippen LogP contribution in [0.3, 0.4) is 0 Å². The summed E-state index contributed by atoms with van der Waals surface area (Å²) in [4.78, 5) is 40.8. The van der Waals surface area contributed by atoms with Gasteiger partial charge in [0.2, 0.25) is 0 Å². The third kappa shape index (κ3) is 2.51. The van der Waals surface area contributed by atoms with Crippen LogP contribution >= 0.6 is 0 Å². The number of fused-ring (bicyclic) bond motifs is 1. The number of ketones is 1. The van der Waals surface area contributed by atoms with Crippen LogP contribution in [-0.2, 0) is 28.6 Å². The van der Waals surface area contributed by atoms with Gasteiger partial charge in [0.25, 0.3) is 0 Å². The summed E-state index contributed by atoms with van der Waals surface area (Å²) in [5, 5.41) is 10.9. The van der Waals surface area contributed by atoms with Crippen molar-refractivity contribution in [1.82, 2.24) is 0 Å². The molecule has 0 amide bonds. The lowest BCUT2D eigenvalue weighted by molar-refractivity contribution is -0.252. The fourth-order valence-electron chi connectivity index (χ4n) is 8.87. The highest BCUT2D eigenvalue weighted by molar-refractivity contribution is 6.16. The third-order valence-electron chi connectivity index (χ3n) is 10.3. The van der Waals surface area contributed by atoms with E-state index in [1.54, 1.807) is 0 Å². The number of esters is 2. The van der Waals surface area contributed by atoms with Crippen molar-refractivity contribution in [1.29, 1.82) is 0 Å². The van der Waals surface area contributed by atoms with Gasteiger partial charge in [0.05, 0.1) is 12.5 Å². The van der Waals surface area contributed by atoms with Gasteiger partial charge in [0.1, 0.15) is 12.2 Å². The van der Waals surface area contributed by atoms with Crippen LogP contribution in [0.1, 0.15) is 65.2 Å². The van der Waals surface area contributed by atoms with E-state index in [1.807, 2.05) is 0 Å². The molecule has 2 aliphatic heterocycles. The molecule has 0 radical (unpaired) electrons. The SMILES string of the molecule is C=C1C(=O)[C@@]23C(=O)O[C@H]4CCC(C)(C)[C@H]5[C@H](O)OC[C@@]45[C@@H]2CC[C@@H]1[C@H]3OC(=O)C1CCCC1. The van der Waals surface area contributed by atoms with Gasteiger partial charge in [-0.25, -0.2) is 0 Å². The van der Waals surface area contributed by atoms with E-state index in [0.717, 1.165) is 32.1 Å². The van der Waals surface area contributed by atoms with Crippen molar-refractivity contribution in [3.8, 4) is 0 Å². The largest absolute Gasteiger partial charge is 0.461 e. The van der Waals surface area contributed by atoms with Crippen LogP contribution in [0.5, 0.6) is 0 Å². The molecule has 6 fully saturated rings. The van der Waals surface area contributed by atoms with Gasteiger partial charge in [-0.3, -0.25) is 14.4 Å². The predicted molar refractivity (Wildman–Crippen MR) is 115 cm³/mol. The van der Waals surface area contributed by atoms with Crippen molar-refractivity contribution >= 4 is 17.7 Å². The Kier molecular flexibility index (Phi) is 4.56. The standard InChI is InChI=1S/C26H34O7/c1-13-15-8-9-16-25-12-31-22(29)18(25)24(2,3)11-10-17(25)32-23(30)26(16,19(13)27)20(15)33-21(28)14-6-4-5-7-14/h14-18,20,22,29H,1,4-12H2,2-3H3/t15-,16-,17-,18+,20+,22+,25+,26-/m0/s1. The summed E-state index contributed by atoms with van der Waals surface area (Å²) in [6.45, 7) is 8.53. The number of ether oxygens (including phenoxy) is 3. The molecule has 0 aromatic rings. The fraction of sp³-hybridized carbons (Fsp3) is 0.808. The Balaban J connectivity index is 1.48. The van der Waals surface area contributed by atoms with E-state index < -0.39 is 41.2 Å². The monoisotopic (exact) mass is 458 g/mol. The Morgan fingerprint density at radius 2 is 1.85 bits per heavy atom. The Morgan fingerprint density at radius 1 is 1.12 bits per heavy atom. The lowest BCUT2D eigenvalue weighted by atomic mass is 9.43. The fourth-order valence-corrected chi connectivity index (χ4v) is 8.87. The minimum absolute atomic E-state index is 0.173. The number of aliphatic hydroxyl groups is 1. The summed E-state index contributed by atoms with van der Waals surface area (Å²) in [5.74, 6) is -2.43. The second kappa shape index (κ2) is 6.91. The van der Waals surface area contributed by atoms with Gasteiger partial charge >= 0.3 is 11.9 Å². The van der Waals surface area contributed by atoms with Crippen molar-refractivity contribution < 1.29 is 33.7 Å². The summed E-state index contributed by atoms with van der Waals surface area (Å²) in [7, 11) is 0. The molecule has 0 aromatic carbocycles. The molecule has 2 heterocycles. The smallest absolute Gasteiger partial charge is 0.324 e. The first-order chi connectivity index (χ1) is 15.7. The summed E-state index contributed by atoms with van der Waals surface area (Å²) in [6, 6.07) is 0. The van der Waals surface area contributed by atoms with E-state index in [2.05, 4.69) is 20.4 Å². The van der Waals surface area contributed by atoms with Gasteiger partial charge < -0.3 is 19.3 Å². The number of carbonyl (C=O) groups is 3. The van der Waals surface area contributed by atoms with Crippen LogP contribution in [0.2, 0.25) is 0 Å². The average molecular weight is 459 g/mol. The molecule has 2 spiro atoms. The average Bonchev–Trinajstić information content (AvgIpc) is 3.45. The Hall–Kier alpha value is -1.73. The van der Waals surface area contributed by atoms with Crippen molar-refractivity contribution in [2.75, 3.05) is 6.61 Å². The predicted octanol–water partition coefficient (Wildman–Crippen LogP) is 2.94. The molecule has 2 saturated heterocycles. The van der Waals surface area contributed by atoms with Crippen LogP contribution in [0.25, 0.3) is 0 Å². The van der Waals surface area contributed by atoms with Gasteiger partial charge in [0.15, 0.2) is 17.5 Å². The first kappa shape index (κ1) is 21.8. The van der Waals surface area contributed by atoms with Gasteiger partial charge in [-0.05, 0) is 55.4 Å². The zero-order valence-corrected chi connectivity index (χ0v) is 19.5. The summed E-state index contributed by atoms with van der Waals surface area (Å²) in [5.41, 5.74) is -2.13. The zero-order chi connectivity index (χ0) is 23.3. The number of carbonyl (C=O) groups excluding carboxylic acids is 3. The Labute approximate surface area is 194 Å². The van der Waals surface area contributed by atoms with Crippen LogP contribution < -0.4 is 0 Å². The molecule has 1 N–H and O–H groups in total. The van der Waals surface area contributed by atoms with Crippen molar-refractivity contribution in [2.24, 2.45) is 39.9 Å². The zero-order valence-electron chi connectivity index (χ0n) is 19.5. The van der Waals surface area contributed by atoms with E-state index in [-0.39, 0.29) is 41.5 Å². The number of aliphatic hydroxyl groups excluding tert-OH is 1. The second-order valence-corrected chi connectivity index (χ2v) is 12.0. The number of Topliss-reactive ketones (excluding diaryl/α,β-unsaturated/α-hetero) is 1. The minimum Gasteiger partial charge on any atom is -0.461 e. The molecule has 4 aliphatic carbocycles. The van der Waals surface area contributed by atoms with Crippen LogP contribution in [0.15, 0.2) is 12.2 Å². The van der Waals surface area contributed by atoms with Crippen LogP contribution in [0, 0.1) is 39.9 Å². The molecule has 7 heteroatoms. The first-order valence-electron chi connectivity index (χ1n) is 12.6. The summed E-state index contributed by atoms with van der Waals surface area (Å²) < 4.78 is 18.1. The molecule has 6 aliphatic rings. The summed E-state index contributed by atoms with van der Waals surface area (Å²) >= 11 is 0. The van der Waals surface area contributed by atoms with E-state index in [9.17, 15) is 19.5 Å². The number of hydrogen-bond acceptors (Lipinski definition) is 7. The highest BCUT2D eigenvalue weighted by atomic mass is 16.6. The molecule has 7 nitrogen and oxygen atoms in total. The molecule has 2 bridgehead atoms. The molecule has 0 aromatic heterocycles. The topological polar surface area (TPSA) is 99.1 Å². The maximum absolute atomic E-state index is 13.9. The first-order valence-corrected chi connectivity index (χ1v) is 12.6. The molecule has 4 saturated carbocycles. The molecular weight excluding hydrogens is 424 g/mol. The van der Waals surface area contributed by atoms with Crippen LogP contribution in [0.4, 0.5) is 0 Å². The number of rotatable bonds is 2. The molecule has 8 atom stereocenters. The van der Waals surface area contributed by atoms with E-state index >= 15 is 0 Å². The molecular formula is C26H34O7. The summed E-state index contributed by atoms with van der Waals surface area (Å²) in [6.07, 6.45) is 4.00. The highest BCUT2D eigenvalue weighted by Gasteiger charge is 2.81. The molecule has 0 unspecified atom stereocenters. The second-order valence-electron chi connectivity index (χ2n) is 12.0. The van der Waals surface area contributed by atoms with E-state index in [0.29, 0.717) is 24.8 Å². The molecule has 33 heavy (non-hydrogen) atoms. The quantitative estimate of drug-likeness (QED) is 0.386. The van der Waals surface area contributed by atoms with E-state index in [4.69, 9.17) is 14.2 Å². The maximum Gasteiger partial charge on any atom is 0.324 e. The third-order valence-corrected chi connectivity index (χ3v) is 10.3. The van der Waals surface area contributed by atoms with Gasteiger partial charge in [0, 0.05) is 17.3 Å². The Bertz CT molecular complexity index is 933. The lowest BCUT2D eigenvalue weighted by Gasteiger charge is -2.62. The van der Waals surface area contributed by atoms with Gasteiger partial charge in [-0.15, -0.1) is 0 Å².